The zero-order valence-electron chi connectivity index (χ0n) is 12.2. The second-order valence-electron chi connectivity index (χ2n) is 4.82. The van der Waals surface area contributed by atoms with E-state index in [0.29, 0.717) is 0 Å². The molecule has 0 aromatic rings. The predicted octanol–water partition coefficient (Wildman–Crippen LogP) is 4.57. The highest BCUT2D eigenvalue weighted by Crippen LogP contribution is 2.08. The third kappa shape index (κ3) is 13.9. The van der Waals surface area contributed by atoms with Crippen LogP contribution in [-0.4, -0.2) is 25.9 Å². The highest BCUT2D eigenvalue weighted by molar-refractivity contribution is 4.49. The van der Waals surface area contributed by atoms with Crippen LogP contribution in [0.1, 0.15) is 72.1 Å². The molecule has 0 bridgehead atoms. The Balaban J connectivity index is 3.02. The Bertz CT molecular complexity index is 137. The average Bonchev–Trinajstić information content (AvgIpc) is 2.34. The fourth-order valence-electron chi connectivity index (χ4n) is 1.85. The molecule has 0 saturated carbocycles. The van der Waals surface area contributed by atoms with E-state index < -0.39 is 0 Å². The minimum Gasteiger partial charge on any atom is -0.379 e. The Morgan fingerprint density at radius 3 is 2.00 bits per heavy atom. The van der Waals surface area contributed by atoms with E-state index in [0.717, 1.165) is 19.8 Å². The zero-order valence-corrected chi connectivity index (χ0v) is 12.2. The maximum Gasteiger partial charge on any atom is 0.0780 e. The number of hydrogen-bond donors (Lipinski definition) is 0. The number of unbranched alkanes of at least 4 members (excludes halogenated alkanes) is 7. The number of hydrogen-bond acceptors (Lipinski definition) is 2. The molecule has 0 fully saturated rings. The van der Waals surface area contributed by atoms with Crippen molar-refractivity contribution in [1.29, 1.82) is 0 Å². The molecule has 0 aliphatic carbocycles. The third-order valence-corrected chi connectivity index (χ3v) is 2.96. The van der Waals surface area contributed by atoms with Crippen molar-refractivity contribution in [1.82, 2.24) is 0 Å². The van der Waals surface area contributed by atoms with Crippen LogP contribution in [0, 0.1) is 0 Å². The first kappa shape index (κ1) is 16.9. The van der Waals surface area contributed by atoms with Gasteiger partial charge in [-0.05, 0) is 20.3 Å². The molecule has 0 aromatic heterocycles. The fourth-order valence-corrected chi connectivity index (χ4v) is 1.85. The standard InChI is InChI=1S/C15H32O2/c1-4-6-7-8-9-10-11-12-13-17-15(3)14-16-5-2/h15H,4-14H2,1-3H3. The van der Waals surface area contributed by atoms with Gasteiger partial charge in [-0.25, -0.2) is 0 Å². The van der Waals surface area contributed by atoms with Crippen molar-refractivity contribution in [3.63, 3.8) is 0 Å². The van der Waals surface area contributed by atoms with Crippen LogP contribution in [0.4, 0.5) is 0 Å². The van der Waals surface area contributed by atoms with Gasteiger partial charge in [0.2, 0.25) is 0 Å². The second-order valence-corrected chi connectivity index (χ2v) is 4.82. The van der Waals surface area contributed by atoms with Crippen LogP contribution in [0.3, 0.4) is 0 Å². The minimum atomic E-state index is 0.250. The van der Waals surface area contributed by atoms with E-state index in [9.17, 15) is 0 Å². The van der Waals surface area contributed by atoms with Crippen molar-refractivity contribution in [3.8, 4) is 0 Å². The Morgan fingerprint density at radius 1 is 0.824 bits per heavy atom. The van der Waals surface area contributed by atoms with Crippen molar-refractivity contribution in [2.24, 2.45) is 0 Å². The Hall–Kier alpha value is -0.0800. The van der Waals surface area contributed by atoms with Crippen LogP contribution in [0.5, 0.6) is 0 Å². The lowest BCUT2D eigenvalue weighted by Crippen LogP contribution is -2.16. The highest BCUT2D eigenvalue weighted by Gasteiger charge is 2.00. The van der Waals surface area contributed by atoms with Crippen LogP contribution >= 0.6 is 0 Å². The molecule has 0 aliphatic heterocycles. The first-order valence-electron chi connectivity index (χ1n) is 7.50. The lowest BCUT2D eigenvalue weighted by molar-refractivity contribution is -0.00458. The van der Waals surface area contributed by atoms with Crippen LogP contribution < -0.4 is 0 Å². The summed E-state index contributed by atoms with van der Waals surface area (Å²) in [5.74, 6) is 0. The van der Waals surface area contributed by atoms with Crippen molar-refractivity contribution in [2.45, 2.75) is 78.2 Å². The second kappa shape index (κ2) is 14.0. The van der Waals surface area contributed by atoms with E-state index in [-0.39, 0.29) is 6.10 Å². The van der Waals surface area contributed by atoms with Crippen molar-refractivity contribution >= 4 is 0 Å². The summed E-state index contributed by atoms with van der Waals surface area (Å²) < 4.78 is 11.0. The predicted molar refractivity (Wildman–Crippen MR) is 74.5 cm³/mol. The van der Waals surface area contributed by atoms with E-state index in [2.05, 4.69) is 13.8 Å². The maximum atomic E-state index is 5.66. The molecule has 0 N–H and O–H groups in total. The molecular weight excluding hydrogens is 212 g/mol. The molecule has 17 heavy (non-hydrogen) atoms. The first-order chi connectivity index (χ1) is 8.31. The van der Waals surface area contributed by atoms with Gasteiger partial charge in [-0.3, -0.25) is 0 Å². The summed E-state index contributed by atoms with van der Waals surface area (Å²) in [6, 6.07) is 0. The molecule has 1 atom stereocenters. The van der Waals surface area contributed by atoms with Gasteiger partial charge in [0.25, 0.3) is 0 Å². The quantitative estimate of drug-likeness (QED) is 0.442. The van der Waals surface area contributed by atoms with Gasteiger partial charge in [-0.15, -0.1) is 0 Å². The normalized spacial score (nSPS) is 12.9. The zero-order chi connectivity index (χ0) is 12.8. The molecule has 0 aliphatic rings. The highest BCUT2D eigenvalue weighted by atomic mass is 16.5. The topological polar surface area (TPSA) is 18.5 Å². The Morgan fingerprint density at radius 2 is 1.41 bits per heavy atom. The summed E-state index contributed by atoms with van der Waals surface area (Å²) in [5.41, 5.74) is 0. The van der Waals surface area contributed by atoms with Crippen molar-refractivity contribution in [3.05, 3.63) is 0 Å². The van der Waals surface area contributed by atoms with Crippen LogP contribution in [-0.2, 0) is 9.47 Å². The maximum absolute atomic E-state index is 5.66. The van der Waals surface area contributed by atoms with Crippen molar-refractivity contribution in [2.75, 3.05) is 19.8 Å². The summed E-state index contributed by atoms with van der Waals surface area (Å²) >= 11 is 0. The molecular formula is C15H32O2. The third-order valence-electron chi connectivity index (χ3n) is 2.96. The molecule has 0 saturated heterocycles. The van der Waals surface area contributed by atoms with E-state index in [1.54, 1.807) is 0 Å². The molecule has 0 rings (SSSR count). The van der Waals surface area contributed by atoms with Crippen molar-refractivity contribution < 1.29 is 9.47 Å². The van der Waals surface area contributed by atoms with Gasteiger partial charge < -0.3 is 9.47 Å². The summed E-state index contributed by atoms with van der Waals surface area (Å²) in [6.07, 6.45) is 11.1. The number of rotatable bonds is 13. The molecule has 0 aromatic carbocycles. The molecule has 2 heteroatoms. The summed E-state index contributed by atoms with van der Waals surface area (Å²) in [6.45, 7) is 8.77. The Labute approximate surface area is 108 Å². The lowest BCUT2D eigenvalue weighted by atomic mass is 10.1. The summed E-state index contributed by atoms with van der Waals surface area (Å²) in [5, 5.41) is 0. The van der Waals surface area contributed by atoms with Gasteiger partial charge in [0.05, 0.1) is 12.7 Å². The van der Waals surface area contributed by atoms with Gasteiger partial charge in [0, 0.05) is 13.2 Å². The molecule has 2 nitrogen and oxygen atoms in total. The van der Waals surface area contributed by atoms with Gasteiger partial charge in [0.15, 0.2) is 0 Å². The summed E-state index contributed by atoms with van der Waals surface area (Å²) in [7, 11) is 0. The molecule has 0 heterocycles. The van der Waals surface area contributed by atoms with Gasteiger partial charge in [-0.1, -0.05) is 51.9 Å². The molecule has 1 unspecified atom stereocenters. The molecule has 104 valence electrons. The van der Waals surface area contributed by atoms with Crippen LogP contribution in [0.25, 0.3) is 0 Å². The van der Waals surface area contributed by atoms with E-state index in [4.69, 9.17) is 9.47 Å². The SMILES string of the molecule is CCCCCCCCCCOC(C)COCC. The summed E-state index contributed by atoms with van der Waals surface area (Å²) in [4.78, 5) is 0. The van der Waals surface area contributed by atoms with Gasteiger partial charge in [0.1, 0.15) is 0 Å². The minimum absolute atomic E-state index is 0.250. The Kier molecular flexibility index (Phi) is 13.9. The van der Waals surface area contributed by atoms with Crippen LogP contribution in [0.15, 0.2) is 0 Å². The largest absolute Gasteiger partial charge is 0.379 e. The van der Waals surface area contributed by atoms with E-state index >= 15 is 0 Å². The molecule has 0 radical (unpaired) electrons. The monoisotopic (exact) mass is 244 g/mol. The van der Waals surface area contributed by atoms with E-state index in [1.807, 2.05) is 6.92 Å². The van der Waals surface area contributed by atoms with Gasteiger partial charge >= 0.3 is 0 Å². The average molecular weight is 244 g/mol. The van der Waals surface area contributed by atoms with Crippen LogP contribution in [0.2, 0.25) is 0 Å². The first-order valence-corrected chi connectivity index (χ1v) is 7.50. The smallest absolute Gasteiger partial charge is 0.0780 e. The molecule has 0 amide bonds. The van der Waals surface area contributed by atoms with Gasteiger partial charge in [-0.2, -0.15) is 0 Å². The number of ether oxygens (including phenoxy) is 2. The lowest BCUT2D eigenvalue weighted by Gasteiger charge is -2.12. The fraction of sp³-hybridized carbons (Fsp3) is 1.00. The van der Waals surface area contributed by atoms with E-state index in [1.165, 1.54) is 51.4 Å². The molecule has 0 spiro atoms.